The van der Waals surface area contributed by atoms with Crippen LogP contribution >= 0.6 is 0 Å². The van der Waals surface area contributed by atoms with Gasteiger partial charge in [0.15, 0.2) is 0 Å². The second-order valence-corrected chi connectivity index (χ2v) is 7.18. The van der Waals surface area contributed by atoms with Gasteiger partial charge in [0.1, 0.15) is 11.5 Å². The van der Waals surface area contributed by atoms with Crippen LogP contribution in [0, 0.1) is 11.3 Å². The van der Waals surface area contributed by atoms with Crippen LogP contribution in [0.15, 0.2) is 79.1 Å². The summed E-state index contributed by atoms with van der Waals surface area (Å²) in [6.07, 6.45) is 3.47. The van der Waals surface area contributed by atoms with Crippen LogP contribution in [0.2, 0.25) is 0 Å². The molecule has 0 aliphatic carbocycles. The number of nitriles is 1. The zero-order chi connectivity index (χ0) is 21.4. The van der Waals surface area contributed by atoms with E-state index in [0.717, 1.165) is 50.1 Å². The lowest BCUT2D eigenvalue weighted by atomic mass is 10.0. The van der Waals surface area contributed by atoms with Gasteiger partial charge in [0.05, 0.1) is 36.9 Å². The summed E-state index contributed by atoms with van der Waals surface area (Å²) in [5.74, 6) is 1.57. The Bertz CT molecular complexity index is 1400. The topological polar surface area (TPSA) is 60.1 Å². The number of hydrogen-bond acceptors (Lipinski definition) is 4. The molecular weight excluding hydrogens is 386 g/mol. The Kier molecular flexibility index (Phi) is 4.53. The summed E-state index contributed by atoms with van der Waals surface area (Å²) in [5.41, 5.74) is 5.42. The zero-order valence-corrected chi connectivity index (χ0v) is 17.2. The molecule has 0 aliphatic rings. The number of nitrogens with zero attached hydrogens (tertiary/aromatic N) is 3. The minimum atomic E-state index is 0.617. The molecule has 5 aromatic rings. The third-order valence-corrected chi connectivity index (χ3v) is 5.55. The Morgan fingerprint density at radius 3 is 1.94 bits per heavy atom. The largest absolute Gasteiger partial charge is 0.497 e. The van der Waals surface area contributed by atoms with Crippen LogP contribution in [0.25, 0.3) is 38.6 Å². The maximum Gasteiger partial charge on any atom is 0.120 e. The molecule has 0 saturated carbocycles. The highest BCUT2D eigenvalue weighted by Gasteiger charge is 2.16. The normalized spacial score (nSPS) is 10.9. The predicted molar refractivity (Wildman–Crippen MR) is 122 cm³/mol. The zero-order valence-electron chi connectivity index (χ0n) is 17.2. The van der Waals surface area contributed by atoms with Crippen molar-refractivity contribution in [1.82, 2.24) is 9.55 Å². The molecular formula is C26H19N3O2. The summed E-state index contributed by atoms with van der Waals surface area (Å²) in [7, 11) is 3.33. The van der Waals surface area contributed by atoms with Crippen molar-refractivity contribution in [3.05, 3.63) is 84.7 Å². The monoisotopic (exact) mass is 405 g/mol. The number of pyridine rings is 1. The number of aromatic nitrogens is 2. The van der Waals surface area contributed by atoms with Crippen molar-refractivity contribution in [2.75, 3.05) is 14.2 Å². The molecule has 2 heterocycles. The molecule has 5 heteroatoms. The van der Waals surface area contributed by atoms with E-state index in [9.17, 15) is 5.26 Å². The third kappa shape index (κ3) is 3.06. The fourth-order valence-corrected chi connectivity index (χ4v) is 4.05. The molecule has 5 rings (SSSR count). The Morgan fingerprint density at radius 2 is 1.39 bits per heavy atom. The summed E-state index contributed by atoms with van der Waals surface area (Å²) in [4.78, 5) is 4.10. The van der Waals surface area contributed by atoms with Gasteiger partial charge in [-0.1, -0.05) is 0 Å². The van der Waals surface area contributed by atoms with E-state index in [1.165, 1.54) is 0 Å². The maximum atomic E-state index is 9.68. The van der Waals surface area contributed by atoms with Gasteiger partial charge in [-0.05, 0) is 60.2 Å². The lowest BCUT2D eigenvalue weighted by molar-refractivity contribution is 0.415. The van der Waals surface area contributed by atoms with Crippen molar-refractivity contribution in [1.29, 1.82) is 5.26 Å². The van der Waals surface area contributed by atoms with E-state index in [1.54, 1.807) is 26.6 Å². The number of hydrogen-bond donors (Lipinski definition) is 0. The second kappa shape index (κ2) is 7.51. The van der Waals surface area contributed by atoms with E-state index in [1.807, 2.05) is 54.6 Å². The molecule has 0 amide bonds. The van der Waals surface area contributed by atoms with Gasteiger partial charge < -0.3 is 14.0 Å². The van der Waals surface area contributed by atoms with E-state index < -0.39 is 0 Å². The van der Waals surface area contributed by atoms with Crippen LogP contribution < -0.4 is 9.47 Å². The first-order valence-electron chi connectivity index (χ1n) is 9.84. The first kappa shape index (κ1) is 18.7. The first-order valence-corrected chi connectivity index (χ1v) is 9.84. The van der Waals surface area contributed by atoms with Gasteiger partial charge in [0.25, 0.3) is 0 Å². The molecule has 0 N–H and O–H groups in total. The molecule has 5 nitrogen and oxygen atoms in total. The molecule has 31 heavy (non-hydrogen) atoms. The number of fused-ring (bicyclic) bond motifs is 3. The SMILES string of the molecule is COc1ccc2c3ccc(OC)cc3n(-c3ccc(C#N)c(-c4ccncc4)c3)c2c1. The predicted octanol–water partition coefficient (Wildman–Crippen LogP) is 5.73. The highest BCUT2D eigenvalue weighted by molar-refractivity contribution is 6.10. The van der Waals surface area contributed by atoms with Crippen molar-refractivity contribution < 1.29 is 9.47 Å². The Morgan fingerprint density at radius 1 is 0.774 bits per heavy atom. The number of ether oxygens (including phenoxy) is 2. The summed E-state index contributed by atoms with van der Waals surface area (Å²) in [6, 6.07) is 24.2. The van der Waals surface area contributed by atoms with Crippen LogP contribution in [0.5, 0.6) is 11.5 Å². The molecule has 0 aliphatic heterocycles. The second-order valence-electron chi connectivity index (χ2n) is 7.18. The molecule has 0 atom stereocenters. The molecule has 0 saturated heterocycles. The van der Waals surface area contributed by atoms with E-state index in [-0.39, 0.29) is 0 Å². The molecule has 2 aromatic heterocycles. The fourth-order valence-electron chi connectivity index (χ4n) is 4.05. The molecule has 150 valence electrons. The van der Waals surface area contributed by atoms with Crippen LogP contribution in [-0.4, -0.2) is 23.8 Å². The molecule has 0 unspecified atom stereocenters. The smallest absolute Gasteiger partial charge is 0.120 e. The number of methoxy groups -OCH3 is 2. The standard InChI is InChI=1S/C26H19N3O2/c1-30-20-5-7-22-23-8-6-21(31-2)15-26(23)29(25(22)14-20)19-4-3-18(16-27)24(13-19)17-9-11-28-12-10-17/h3-15H,1-2H3. The third-order valence-electron chi connectivity index (χ3n) is 5.55. The Balaban J connectivity index is 1.86. The summed E-state index contributed by atoms with van der Waals surface area (Å²) in [5, 5.41) is 11.9. The minimum Gasteiger partial charge on any atom is -0.497 e. The average molecular weight is 405 g/mol. The van der Waals surface area contributed by atoms with E-state index in [2.05, 4.69) is 27.8 Å². The van der Waals surface area contributed by atoms with Gasteiger partial charge >= 0.3 is 0 Å². The van der Waals surface area contributed by atoms with Crippen LogP contribution in [-0.2, 0) is 0 Å². The number of benzene rings is 3. The van der Waals surface area contributed by atoms with Gasteiger partial charge in [0, 0.05) is 46.5 Å². The summed E-state index contributed by atoms with van der Waals surface area (Å²) < 4.78 is 13.2. The van der Waals surface area contributed by atoms with E-state index in [0.29, 0.717) is 5.56 Å². The van der Waals surface area contributed by atoms with Gasteiger partial charge in [-0.25, -0.2) is 0 Å². The van der Waals surface area contributed by atoms with Crippen molar-refractivity contribution >= 4 is 21.8 Å². The Labute approximate surface area is 179 Å². The molecule has 3 aromatic carbocycles. The summed E-state index contributed by atoms with van der Waals surface area (Å²) >= 11 is 0. The molecule has 0 bridgehead atoms. The lowest BCUT2D eigenvalue weighted by Crippen LogP contribution is -1.97. The Hall–Kier alpha value is -4.30. The van der Waals surface area contributed by atoms with Crippen molar-refractivity contribution in [2.45, 2.75) is 0 Å². The lowest BCUT2D eigenvalue weighted by Gasteiger charge is -2.12. The highest BCUT2D eigenvalue weighted by atomic mass is 16.5. The van der Waals surface area contributed by atoms with Gasteiger partial charge in [-0.2, -0.15) is 5.26 Å². The maximum absolute atomic E-state index is 9.68. The quantitative estimate of drug-likeness (QED) is 0.383. The van der Waals surface area contributed by atoms with Crippen molar-refractivity contribution in [2.24, 2.45) is 0 Å². The van der Waals surface area contributed by atoms with Gasteiger partial charge in [-0.3, -0.25) is 4.98 Å². The van der Waals surface area contributed by atoms with Gasteiger partial charge in [0.2, 0.25) is 0 Å². The fraction of sp³-hybridized carbons (Fsp3) is 0.0769. The highest BCUT2D eigenvalue weighted by Crippen LogP contribution is 2.37. The van der Waals surface area contributed by atoms with Crippen LogP contribution in [0.1, 0.15) is 5.56 Å². The van der Waals surface area contributed by atoms with E-state index >= 15 is 0 Å². The molecule has 0 fully saturated rings. The van der Waals surface area contributed by atoms with Crippen LogP contribution in [0.4, 0.5) is 0 Å². The molecule has 0 spiro atoms. The van der Waals surface area contributed by atoms with Crippen molar-refractivity contribution in [3.63, 3.8) is 0 Å². The van der Waals surface area contributed by atoms with Crippen LogP contribution in [0.3, 0.4) is 0 Å². The van der Waals surface area contributed by atoms with Crippen molar-refractivity contribution in [3.8, 4) is 34.4 Å². The summed E-state index contributed by atoms with van der Waals surface area (Å²) in [6.45, 7) is 0. The van der Waals surface area contributed by atoms with E-state index in [4.69, 9.17) is 9.47 Å². The number of rotatable bonds is 4. The average Bonchev–Trinajstić information content (AvgIpc) is 3.16. The van der Waals surface area contributed by atoms with Gasteiger partial charge in [-0.15, -0.1) is 0 Å². The first-order chi connectivity index (χ1) is 15.2. The molecule has 0 radical (unpaired) electrons. The minimum absolute atomic E-state index is 0.617.